The molecule has 3 fully saturated rings. The molecule has 0 aliphatic carbocycles. The molecule has 3 aliphatic heterocycles. The number of likely N-dealkylation sites (tertiary alicyclic amines) is 1. The smallest absolute Gasteiger partial charge is 0.312 e. The van der Waals surface area contributed by atoms with Crippen LogP contribution in [0.5, 0.6) is 0 Å². The highest BCUT2D eigenvalue weighted by Crippen LogP contribution is 2.28. The molecular weight excluding hydrogens is 391 g/mol. The van der Waals surface area contributed by atoms with Gasteiger partial charge in [-0.2, -0.15) is 0 Å². The number of hydrogen-bond acceptors (Lipinski definition) is 4. The number of halogens is 1. The van der Waals surface area contributed by atoms with Crippen molar-refractivity contribution in [2.24, 2.45) is 5.92 Å². The fourth-order valence-corrected chi connectivity index (χ4v) is 4.36. The lowest BCUT2D eigenvalue weighted by Crippen LogP contribution is -2.55. The van der Waals surface area contributed by atoms with Crippen LogP contribution in [-0.2, 0) is 19.2 Å². The summed E-state index contributed by atoms with van der Waals surface area (Å²) in [5.41, 5.74) is 0.189. The number of benzene rings is 1. The van der Waals surface area contributed by atoms with Gasteiger partial charge in [-0.1, -0.05) is 12.1 Å². The predicted molar refractivity (Wildman–Crippen MR) is 106 cm³/mol. The third-order valence-corrected chi connectivity index (χ3v) is 6.07. The molecule has 0 aromatic heterocycles. The van der Waals surface area contributed by atoms with Gasteiger partial charge in [-0.3, -0.25) is 19.2 Å². The Labute approximate surface area is 174 Å². The SMILES string of the molecule is O=C(C(=O)N1CCN(C(=O)[C@H]2CC(=O)N(c3ccccc3F)C2)CC1)N1CCCC1. The lowest BCUT2D eigenvalue weighted by molar-refractivity contribution is -0.153. The first-order valence-electron chi connectivity index (χ1n) is 10.4. The number of piperazine rings is 1. The Hall–Kier alpha value is -2.97. The number of carbonyl (C=O) groups is 4. The van der Waals surface area contributed by atoms with Crippen molar-refractivity contribution in [3.63, 3.8) is 0 Å². The molecule has 1 aromatic carbocycles. The monoisotopic (exact) mass is 416 g/mol. The molecule has 3 saturated heterocycles. The summed E-state index contributed by atoms with van der Waals surface area (Å²) in [6.45, 7) is 2.62. The summed E-state index contributed by atoms with van der Waals surface area (Å²) in [5.74, 6) is -2.44. The molecule has 0 radical (unpaired) electrons. The molecule has 3 aliphatic rings. The van der Waals surface area contributed by atoms with E-state index >= 15 is 0 Å². The van der Waals surface area contributed by atoms with E-state index in [9.17, 15) is 23.6 Å². The van der Waals surface area contributed by atoms with Crippen molar-refractivity contribution in [3.8, 4) is 0 Å². The van der Waals surface area contributed by atoms with E-state index in [1.54, 1.807) is 21.9 Å². The van der Waals surface area contributed by atoms with E-state index in [-0.39, 0.29) is 30.5 Å². The highest BCUT2D eigenvalue weighted by Gasteiger charge is 2.39. The Morgan fingerprint density at radius 1 is 0.833 bits per heavy atom. The average molecular weight is 416 g/mol. The summed E-state index contributed by atoms with van der Waals surface area (Å²) < 4.78 is 14.0. The first-order chi connectivity index (χ1) is 14.5. The number of carbonyl (C=O) groups excluding carboxylic acids is 4. The minimum absolute atomic E-state index is 0.0414. The molecule has 0 unspecified atom stereocenters. The maximum atomic E-state index is 14.0. The van der Waals surface area contributed by atoms with Crippen molar-refractivity contribution in [1.82, 2.24) is 14.7 Å². The van der Waals surface area contributed by atoms with Crippen LogP contribution in [-0.4, -0.2) is 84.1 Å². The lowest BCUT2D eigenvalue weighted by Gasteiger charge is -2.36. The van der Waals surface area contributed by atoms with Gasteiger partial charge in [0.05, 0.1) is 11.6 Å². The molecule has 9 heteroatoms. The second-order valence-electron chi connectivity index (χ2n) is 7.97. The molecule has 0 N–H and O–H groups in total. The second kappa shape index (κ2) is 8.41. The highest BCUT2D eigenvalue weighted by atomic mass is 19.1. The summed E-state index contributed by atoms with van der Waals surface area (Å²) in [4.78, 5) is 56.0. The molecule has 4 amide bonds. The fourth-order valence-electron chi connectivity index (χ4n) is 4.36. The van der Waals surface area contributed by atoms with Gasteiger partial charge in [-0.05, 0) is 25.0 Å². The molecule has 160 valence electrons. The quantitative estimate of drug-likeness (QED) is 0.657. The van der Waals surface area contributed by atoms with Gasteiger partial charge in [0.2, 0.25) is 11.8 Å². The van der Waals surface area contributed by atoms with Gasteiger partial charge in [0.1, 0.15) is 5.82 Å². The Balaban J connectivity index is 1.32. The van der Waals surface area contributed by atoms with Gasteiger partial charge in [-0.15, -0.1) is 0 Å². The molecule has 30 heavy (non-hydrogen) atoms. The molecule has 1 atom stereocenters. The number of hydrogen-bond donors (Lipinski definition) is 0. The fraction of sp³-hybridized carbons (Fsp3) is 0.524. The summed E-state index contributed by atoms with van der Waals surface area (Å²) in [7, 11) is 0. The van der Waals surface area contributed by atoms with Gasteiger partial charge < -0.3 is 19.6 Å². The molecule has 0 saturated carbocycles. The van der Waals surface area contributed by atoms with E-state index in [1.807, 2.05) is 0 Å². The zero-order valence-electron chi connectivity index (χ0n) is 16.8. The van der Waals surface area contributed by atoms with E-state index in [0.717, 1.165) is 12.8 Å². The third kappa shape index (κ3) is 3.88. The molecular formula is C21H25FN4O4. The Bertz CT molecular complexity index is 862. The van der Waals surface area contributed by atoms with Crippen LogP contribution in [0, 0.1) is 11.7 Å². The first-order valence-corrected chi connectivity index (χ1v) is 10.4. The van der Waals surface area contributed by atoms with Crippen LogP contribution in [0.15, 0.2) is 24.3 Å². The third-order valence-electron chi connectivity index (χ3n) is 6.07. The largest absolute Gasteiger partial charge is 0.339 e. The summed E-state index contributed by atoms with van der Waals surface area (Å²) in [5, 5.41) is 0. The second-order valence-corrected chi connectivity index (χ2v) is 7.97. The van der Waals surface area contributed by atoms with E-state index < -0.39 is 23.5 Å². The highest BCUT2D eigenvalue weighted by molar-refractivity contribution is 6.35. The summed E-state index contributed by atoms with van der Waals surface area (Å²) in [6.07, 6.45) is 1.89. The van der Waals surface area contributed by atoms with Crippen molar-refractivity contribution < 1.29 is 23.6 Å². The molecule has 4 rings (SSSR count). The van der Waals surface area contributed by atoms with Crippen LogP contribution in [0.4, 0.5) is 10.1 Å². The van der Waals surface area contributed by atoms with Crippen LogP contribution >= 0.6 is 0 Å². The van der Waals surface area contributed by atoms with Crippen molar-refractivity contribution in [2.75, 3.05) is 50.7 Å². The average Bonchev–Trinajstić information content (AvgIpc) is 3.43. The van der Waals surface area contributed by atoms with Crippen LogP contribution in [0.3, 0.4) is 0 Å². The molecule has 3 heterocycles. The van der Waals surface area contributed by atoms with Gasteiger partial charge >= 0.3 is 11.8 Å². The normalized spacial score (nSPS) is 22.0. The van der Waals surface area contributed by atoms with E-state index in [1.165, 1.54) is 21.9 Å². The topological polar surface area (TPSA) is 81.2 Å². The van der Waals surface area contributed by atoms with Gasteiger partial charge in [-0.25, -0.2) is 4.39 Å². The molecule has 0 spiro atoms. The minimum atomic E-state index is -0.536. The zero-order valence-corrected chi connectivity index (χ0v) is 16.8. The zero-order chi connectivity index (χ0) is 21.3. The van der Waals surface area contributed by atoms with Gasteiger partial charge in [0.15, 0.2) is 0 Å². The molecule has 8 nitrogen and oxygen atoms in total. The van der Waals surface area contributed by atoms with E-state index in [2.05, 4.69) is 0 Å². The molecule has 1 aromatic rings. The van der Waals surface area contributed by atoms with Crippen LogP contribution in [0.2, 0.25) is 0 Å². The predicted octanol–water partition coefficient (Wildman–Crippen LogP) is 0.472. The summed E-state index contributed by atoms with van der Waals surface area (Å²) in [6, 6.07) is 6.02. The van der Waals surface area contributed by atoms with Crippen molar-refractivity contribution in [3.05, 3.63) is 30.1 Å². The number of amides is 4. The van der Waals surface area contributed by atoms with Crippen molar-refractivity contribution in [1.29, 1.82) is 0 Å². The van der Waals surface area contributed by atoms with E-state index in [4.69, 9.17) is 0 Å². The van der Waals surface area contributed by atoms with Crippen LogP contribution in [0.1, 0.15) is 19.3 Å². The lowest BCUT2D eigenvalue weighted by atomic mass is 10.1. The van der Waals surface area contributed by atoms with Gasteiger partial charge in [0, 0.05) is 52.2 Å². The van der Waals surface area contributed by atoms with Crippen LogP contribution < -0.4 is 4.90 Å². The number of anilines is 1. The Morgan fingerprint density at radius 3 is 2.03 bits per heavy atom. The van der Waals surface area contributed by atoms with Crippen LogP contribution in [0.25, 0.3) is 0 Å². The maximum absolute atomic E-state index is 14.0. The first kappa shape index (κ1) is 20.3. The van der Waals surface area contributed by atoms with E-state index in [0.29, 0.717) is 39.3 Å². The number of para-hydroxylation sites is 1. The van der Waals surface area contributed by atoms with Crippen molar-refractivity contribution >= 4 is 29.3 Å². The van der Waals surface area contributed by atoms with Gasteiger partial charge in [0.25, 0.3) is 0 Å². The minimum Gasteiger partial charge on any atom is -0.339 e. The number of rotatable bonds is 2. The Morgan fingerprint density at radius 2 is 1.40 bits per heavy atom. The summed E-state index contributed by atoms with van der Waals surface area (Å²) >= 11 is 0. The maximum Gasteiger partial charge on any atom is 0.312 e. The molecule has 0 bridgehead atoms. The number of nitrogens with zero attached hydrogens (tertiary/aromatic N) is 4. The standard InChI is InChI=1S/C21H25FN4O4/c22-16-5-1-2-6-17(16)26-14-15(13-18(26)27)19(28)24-9-11-25(12-10-24)21(30)20(29)23-7-3-4-8-23/h1-2,5-6,15H,3-4,7-14H2/t15-/m0/s1. The Kier molecular flexibility index (Phi) is 5.69. The van der Waals surface area contributed by atoms with Crippen molar-refractivity contribution in [2.45, 2.75) is 19.3 Å².